The molecular formula is C15H23BrN2O3S. The highest BCUT2D eigenvalue weighted by atomic mass is 79.9. The minimum Gasteiger partial charge on any atom is -0.379 e. The minimum absolute atomic E-state index is 0.307. The number of sulfonamides is 1. The zero-order valence-corrected chi connectivity index (χ0v) is 15.5. The number of nitrogens with zero attached hydrogens (tertiary/aromatic N) is 1. The van der Waals surface area contributed by atoms with Crippen LogP contribution < -0.4 is 4.72 Å². The number of nitrogens with one attached hydrogen (secondary N) is 1. The Morgan fingerprint density at radius 3 is 2.55 bits per heavy atom. The number of aryl methyl sites for hydroxylation is 2. The molecule has 22 heavy (non-hydrogen) atoms. The highest BCUT2D eigenvalue weighted by Crippen LogP contribution is 2.25. The third-order valence-corrected chi connectivity index (χ3v) is 6.30. The Hall–Kier alpha value is -0.470. The third-order valence-electron chi connectivity index (χ3n) is 3.88. The van der Waals surface area contributed by atoms with Crippen molar-refractivity contribution in [3.05, 3.63) is 27.7 Å². The van der Waals surface area contributed by atoms with E-state index in [9.17, 15) is 8.42 Å². The smallest absolute Gasteiger partial charge is 0.241 e. The molecule has 1 heterocycles. The summed E-state index contributed by atoms with van der Waals surface area (Å²) in [5, 5.41) is 0. The van der Waals surface area contributed by atoms with Gasteiger partial charge in [0.1, 0.15) is 0 Å². The lowest BCUT2D eigenvalue weighted by atomic mass is 10.1. The lowest BCUT2D eigenvalue weighted by Gasteiger charge is -2.26. The van der Waals surface area contributed by atoms with Crippen molar-refractivity contribution in [2.45, 2.75) is 25.2 Å². The van der Waals surface area contributed by atoms with E-state index in [0.29, 0.717) is 15.9 Å². The van der Waals surface area contributed by atoms with Crippen molar-refractivity contribution in [3.63, 3.8) is 0 Å². The van der Waals surface area contributed by atoms with Crippen LogP contribution >= 0.6 is 15.9 Å². The van der Waals surface area contributed by atoms with Crippen LogP contribution in [0.25, 0.3) is 0 Å². The van der Waals surface area contributed by atoms with Gasteiger partial charge in [0.2, 0.25) is 10.0 Å². The first-order chi connectivity index (χ1) is 10.4. The number of rotatable bonds is 6. The molecule has 1 fully saturated rings. The van der Waals surface area contributed by atoms with Gasteiger partial charge in [-0.1, -0.05) is 0 Å². The van der Waals surface area contributed by atoms with Crippen molar-refractivity contribution in [2.24, 2.45) is 0 Å². The van der Waals surface area contributed by atoms with Crippen molar-refractivity contribution >= 4 is 26.0 Å². The van der Waals surface area contributed by atoms with Gasteiger partial charge >= 0.3 is 0 Å². The molecule has 1 N–H and O–H groups in total. The van der Waals surface area contributed by atoms with Crippen LogP contribution in [0.1, 0.15) is 17.5 Å². The summed E-state index contributed by atoms with van der Waals surface area (Å²) in [4.78, 5) is 2.60. The molecule has 1 aliphatic rings. The van der Waals surface area contributed by atoms with Crippen LogP contribution in [0.4, 0.5) is 0 Å². The summed E-state index contributed by atoms with van der Waals surface area (Å²) in [6.45, 7) is 8.60. The van der Waals surface area contributed by atoms with Crippen LogP contribution in [-0.4, -0.2) is 52.7 Å². The first-order valence-corrected chi connectivity index (χ1v) is 9.74. The van der Waals surface area contributed by atoms with Gasteiger partial charge in [0, 0.05) is 24.1 Å². The summed E-state index contributed by atoms with van der Waals surface area (Å²) in [5.74, 6) is 0. The fraction of sp³-hybridized carbons (Fsp3) is 0.600. The van der Waals surface area contributed by atoms with Gasteiger partial charge in [0.25, 0.3) is 0 Å². The molecule has 1 aromatic rings. The monoisotopic (exact) mass is 390 g/mol. The molecule has 124 valence electrons. The minimum atomic E-state index is -3.47. The van der Waals surface area contributed by atoms with Crippen molar-refractivity contribution in [1.82, 2.24) is 9.62 Å². The lowest BCUT2D eigenvalue weighted by molar-refractivity contribution is 0.0376. The van der Waals surface area contributed by atoms with E-state index >= 15 is 0 Å². The summed E-state index contributed by atoms with van der Waals surface area (Å²) in [5.41, 5.74) is 2.04. The number of hydrogen-bond donors (Lipinski definition) is 1. The summed E-state index contributed by atoms with van der Waals surface area (Å²) in [7, 11) is -3.47. The Labute approximate surface area is 141 Å². The van der Waals surface area contributed by atoms with E-state index in [0.717, 1.165) is 50.4 Å². The zero-order chi connectivity index (χ0) is 16.2. The number of benzene rings is 1. The van der Waals surface area contributed by atoms with Crippen molar-refractivity contribution in [2.75, 3.05) is 39.4 Å². The number of morpholine rings is 1. The van der Waals surface area contributed by atoms with Gasteiger partial charge in [-0.15, -0.1) is 0 Å². The van der Waals surface area contributed by atoms with E-state index < -0.39 is 10.0 Å². The molecule has 7 heteroatoms. The standard InChI is InChI=1S/C15H23BrN2O3S/c1-12-10-14(16)15(11-13(12)2)22(19,20)17-4-3-5-18-6-8-21-9-7-18/h10-11,17H,3-9H2,1-2H3. The molecule has 1 saturated heterocycles. The van der Waals surface area contributed by atoms with Crippen LogP contribution in [0, 0.1) is 13.8 Å². The number of hydrogen-bond acceptors (Lipinski definition) is 4. The van der Waals surface area contributed by atoms with Gasteiger partial charge in [-0.2, -0.15) is 0 Å². The molecule has 0 atom stereocenters. The second-order valence-electron chi connectivity index (χ2n) is 5.57. The summed E-state index contributed by atoms with van der Waals surface area (Å²) >= 11 is 3.35. The summed E-state index contributed by atoms with van der Waals surface area (Å²) in [6, 6.07) is 3.56. The second kappa shape index (κ2) is 7.88. The Bertz CT molecular complexity index is 613. The molecule has 0 radical (unpaired) electrons. The van der Waals surface area contributed by atoms with Crippen LogP contribution in [0.3, 0.4) is 0 Å². The van der Waals surface area contributed by atoms with Gasteiger partial charge in [-0.25, -0.2) is 13.1 Å². The third kappa shape index (κ3) is 4.76. The fourth-order valence-corrected chi connectivity index (χ4v) is 4.69. The molecule has 0 aliphatic carbocycles. The van der Waals surface area contributed by atoms with Gasteiger partial charge in [-0.05, 0) is 66.0 Å². The normalized spacial score (nSPS) is 16.9. The van der Waals surface area contributed by atoms with Gasteiger partial charge in [-0.3, -0.25) is 4.90 Å². The van der Waals surface area contributed by atoms with Crippen molar-refractivity contribution in [3.8, 4) is 0 Å². The first kappa shape index (κ1) is 17.9. The number of ether oxygens (including phenoxy) is 1. The Morgan fingerprint density at radius 1 is 1.23 bits per heavy atom. The van der Waals surface area contributed by atoms with Crippen LogP contribution in [0.5, 0.6) is 0 Å². The molecule has 5 nitrogen and oxygen atoms in total. The molecule has 1 aromatic carbocycles. The van der Waals surface area contributed by atoms with Crippen molar-refractivity contribution < 1.29 is 13.2 Å². The Balaban J connectivity index is 1.89. The Kier molecular flexibility index (Phi) is 6.40. The van der Waals surface area contributed by atoms with Crippen LogP contribution in [0.15, 0.2) is 21.5 Å². The van der Waals surface area contributed by atoms with Gasteiger partial charge < -0.3 is 4.74 Å². The predicted octanol–water partition coefficient (Wildman–Crippen LogP) is 2.07. The lowest BCUT2D eigenvalue weighted by Crippen LogP contribution is -2.38. The molecule has 1 aliphatic heterocycles. The topological polar surface area (TPSA) is 58.6 Å². The molecule has 0 unspecified atom stereocenters. The average Bonchev–Trinajstić information content (AvgIpc) is 2.48. The van der Waals surface area contributed by atoms with E-state index in [-0.39, 0.29) is 0 Å². The maximum absolute atomic E-state index is 12.4. The maximum atomic E-state index is 12.4. The van der Waals surface area contributed by atoms with Gasteiger partial charge in [0.05, 0.1) is 18.1 Å². The molecule has 0 bridgehead atoms. The maximum Gasteiger partial charge on any atom is 0.241 e. The number of halogens is 1. The first-order valence-electron chi connectivity index (χ1n) is 7.46. The SMILES string of the molecule is Cc1cc(Br)c(S(=O)(=O)NCCCN2CCOCC2)cc1C. The highest BCUT2D eigenvalue weighted by molar-refractivity contribution is 9.10. The van der Waals surface area contributed by atoms with E-state index in [4.69, 9.17) is 4.74 Å². The largest absolute Gasteiger partial charge is 0.379 e. The Morgan fingerprint density at radius 2 is 1.86 bits per heavy atom. The summed E-state index contributed by atoms with van der Waals surface area (Å²) in [6.07, 6.45) is 0.793. The van der Waals surface area contributed by atoms with E-state index in [2.05, 4.69) is 25.6 Å². The van der Waals surface area contributed by atoms with Crippen molar-refractivity contribution in [1.29, 1.82) is 0 Å². The fourth-order valence-electron chi connectivity index (χ4n) is 2.37. The molecule has 2 rings (SSSR count). The average molecular weight is 391 g/mol. The molecule has 0 aromatic heterocycles. The summed E-state index contributed by atoms with van der Waals surface area (Å²) < 4.78 is 33.4. The molecule has 0 saturated carbocycles. The zero-order valence-electron chi connectivity index (χ0n) is 13.1. The quantitative estimate of drug-likeness (QED) is 0.755. The highest BCUT2D eigenvalue weighted by Gasteiger charge is 2.18. The van der Waals surface area contributed by atoms with E-state index in [1.165, 1.54) is 0 Å². The molecule has 0 amide bonds. The van der Waals surface area contributed by atoms with Crippen LogP contribution in [0.2, 0.25) is 0 Å². The molecule has 0 spiro atoms. The van der Waals surface area contributed by atoms with Gasteiger partial charge in [0.15, 0.2) is 0 Å². The molecular weight excluding hydrogens is 368 g/mol. The van der Waals surface area contributed by atoms with E-state index in [1.54, 1.807) is 6.07 Å². The second-order valence-corrected chi connectivity index (χ2v) is 8.16. The van der Waals surface area contributed by atoms with Crippen LogP contribution in [-0.2, 0) is 14.8 Å². The van der Waals surface area contributed by atoms with E-state index in [1.807, 2.05) is 19.9 Å². The predicted molar refractivity (Wildman–Crippen MR) is 90.7 cm³/mol.